The number of carbonyl (C=O) groups is 3. The van der Waals surface area contributed by atoms with Gasteiger partial charge in [-0.15, -0.1) is 0 Å². The largest absolute Gasteiger partial charge is 0.461 e. The third-order valence-electron chi connectivity index (χ3n) is 14.2. The predicted octanol–water partition coefficient (Wildman–Crippen LogP) is 1.59. The number of carbonyl (C=O) groups excluding carboxylic acids is 3. The van der Waals surface area contributed by atoms with E-state index >= 15 is 0 Å². The normalized spacial score (nSPS) is 44.4. The van der Waals surface area contributed by atoms with E-state index < -0.39 is 57.9 Å². The van der Waals surface area contributed by atoms with Crippen LogP contribution in [0.4, 0.5) is 5.69 Å². The molecule has 13 nitrogen and oxygen atoms in total. The summed E-state index contributed by atoms with van der Waals surface area (Å²) < 4.78 is 31.3. The number of primary amides is 1. The van der Waals surface area contributed by atoms with Crippen LogP contribution in [0.15, 0.2) is 24.3 Å². The second-order valence-corrected chi connectivity index (χ2v) is 15.9. The molecule has 6 aliphatic rings. The quantitative estimate of drug-likeness (QED) is 0.233. The van der Waals surface area contributed by atoms with Crippen molar-refractivity contribution in [2.24, 2.45) is 46.2 Å². The van der Waals surface area contributed by atoms with Crippen molar-refractivity contribution in [2.45, 2.75) is 87.6 Å². The standard InChI is InChI=1S/C37H53N3O10/c1-7-40-17-34(18-50-32(43)20-10-8-9-11-23(20)39-26(41)14-19(2)31(38)42)13-12-25(47-4)36-22-15-21-24(46-3)16-35(44,27(22)28(21)48-5)37(45,33(36)40)30(49-6)29(34)36/h8-11,19,21-22,24-25,27-30,33,44-45H,7,12-18H2,1-6H3,(H2,38,42)(H,39,41)/t19-,21+,22-,24+,25-,27+,28+,29-,30+,33+,34+,35-,36-,37-/m1/s1. The number of ether oxygens (including phenoxy) is 5. The van der Waals surface area contributed by atoms with Crippen LogP contribution in [0.2, 0.25) is 0 Å². The van der Waals surface area contributed by atoms with Gasteiger partial charge in [-0.05, 0) is 43.9 Å². The van der Waals surface area contributed by atoms with Crippen molar-refractivity contribution in [3.8, 4) is 0 Å². The van der Waals surface area contributed by atoms with E-state index in [-0.39, 0.29) is 72.7 Å². The lowest BCUT2D eigenvalue weighted by atomic mass is 9.42. The number of hydrogen-bond donors (Lipinski definition) is 4. The Morgan fingerprint density at radius 1 is 1.08 bits per heavy atom. The average Bonchev–Trinajstić information content (AvgIpc) is 3.52. The Balaban J connectivity index is 1.28. The van der Waals surface area contributed by atoms with Crippen molar-refractivity contribution in [3.63, 3.8) is 0 Å². The van der Waals surface area contributed by atoms with Crippen LogP contribution in [0, 0.1) is 40.4 Å². The molecular formula is C37H53N3O10. The molecule has 7 rings (SSSR count). The molecule has 6 fully saturated rings. The minimum atomic E-state index is -1.70. The van der Waals surface area contributed by atoms with E-state index in [1.165, 1.54) is 0 Å². The summed E-state index contributed by atoms with van der Waals surface area (Å²) in [4.78, 5) is 40.5. The van der Waals surface area contributed by atoms with Gasteiger partial charge in [0.05, 0.1) is 48.3 Å². The number of methoxy groups -OCH3 is 4. The highest BCUT2D eigenvalue weighted by Gasteiger charge is 2.91. The molecule has 7 bridgehead atoms. The fourth-order valence-electron chi connectivity index (χ4n) is 12.6. The highest BCUT2D eigenvalue weighted by atomic mass is 16.5. The number of fused-ring (bicyclic) bond motifs is 2. The van der Waals surface area contributed by atoms with Crippen molar-refractivity contribution >= 4 is 23.5 Å². The molecule has 1 spiro atoms. The lowest BCUT2D eigenvalue weighted by Crippen LogP contribution is -2.82. The number of rotatable bonds is 12. The van der Waals surface area contributed by atoms with Crippen LogP contribution in [-0.4, -0.2) is 123 Å². The zero-order chi connectivity index (χ0) is 36.0. The number of aliphatic hydroxyl groups is 2. The van der Waals surface area contributed by atoms with Crippen molar-refractivity contribution in [3.05, 3.63) is 29.8 Å². The Morgan fingerprint density at radius 3 is 2.46 bits per heavy atom. The molecule has 0 aromatic heterocycles. The number of nitrogens with one attached hydrogen (secondary N) is 1. The summed E-state index contributed by atoms with van der Waals surface area (Å²) in [5, 5.41) is 29.3. The molecule has 1 saturated heterocycles. The molecule has 14 atom stereocenters. The molecule has 50 heavy (non-hydrogen) atoms. The van der Waals surface area contributed by atoms with Crippen LogP contribution in [0.5, 0.6) is 0 Å². The summed E-state index contributed by atoms with van der Waals surface area (Å²) in [6, 6.07) is 6.16. The first-order valence-corrected chi connectivity index (χ1v) is 18.0. The van der Waals surface area contributed by atoms with Gasteiger partial charge in [0, 0.05) is 82.3 Å². The minimum absolute atomic E-state index is 0.0405. The van der Waals surface area contributed by atoms with Gasteiger partial charge in [0.2, 0.25) is 11.8 Å². The Hall–Kier alpha value is -2.65. The van der Waals surface area contributed by atoms with Crippen molar-refractivity contribution in [1.82, 2.24) is 4.90 Å². The molecule has 0 unspecified atom stereocenters. The van der Waals surface area contributed by atoms with Gasteiger partial charge in [-0.2, -0.15) is 0 Å². The van der Waals surface area contributed by atoms with Gasteiger partial charge >= 0.3 is 5.97 Å². The number of likely N-dealkylation sites (tertiary alicyclic amines) is 1. The molecule has 1 aromatic rings. The Morgan fingerprint density at radius 2 is 1.82 bits per heavy atom. The molecule has 13 heteroatoms. The molecule has 0 radical (unpaired) electrons. The van der Waals surface area contributed by atoms with Gasteiger partial charge in [0.1, 0.15) is 11.2 Å². The maximum atomic E-state index is 13.9. The summed E-state index contributed by atoms with van der Waals surface area (Å²) in [5.74, 6) is -3.01. The number of piperidine rings is 1. The fraction of sp³-hybridized carbons (Fsp3) is 0.757. The van der Waals surface area contributed by atoms with Crippen LogP contribution in [-0.2, 0) is 33.3 Å². The molecule has 1 heterocycles. The topological polar surface area (TPSA) is 179 Å². The molecule has 5 N–H and O–H groups in total. The number of esters is 1. The van der Waals surface area contributed by atoms with Crippen molar-refractivity contribution in [1.29, 1.82) is 0 Å². The second kappa shape index (κ2) is 12.5. The maximum absolute atomic E-state index is 13.9. The molecule has 1 aromatic carbocycles. The predicted molar refractivity (Wildman–Crippen MR) is 180 cm³/mol. The van der Waals surface area contributed by atoms with Gasteiger partial charge in [-0.1, -0.05) is 26.0 Å². The number of amides is 2. The first-order valence-electron chi connectivity index (χ1n) is 18.0. The zero-order valence-corrected chi connectivity index (χ0v) is 29.9. The van der Waals surface area contributed by atoms with Gasteiger partial charge in [-0.25, -0.2) is 4.79 Å². The first kappa shape index (κ1) is 35.7. The highest BCUT2D eigenvalue weighted by Crippen LogP contribution is 2.80. The third-order valence-corrected chi connectivity index (χ3v) is 14.2. The molecule has 5 saturated carbocycles. The number of benzene rings is 1. The SMILES string of the molecule is CCN1C[C@]2(COC(=O)c3ccccc3NC(=O)C[C@@H](C)C(N)=O)CC[C@@H](OC)[C@]34[C@@H]5C[C@@H]6[C@H](OC)[C@H]5[C@](O)(C[C@@H]6OC)[C@@](O)([C@@H](OC)[C@H]23)[C@@H]14. The lowest BCUT2D eigenvalue weighted by molar-refractivity contribution is -0.320. The van der Waals surface area contributed by atoms with Gasteiger partial charge in [0.25, 0.3) is 0 Å². The van der Waals surface area contributed by atoms with E-state index in [0.29, 0.717) is 25.9 Å². The number of nitrogens with zero attached hydrogens (tertiary/aromatic N) is 1. The summed E-state index contributed by atoms with van der Waals surface area (Å²) >= 11 is 0. The number of anilines is 1. The van der Waals surface area contributed by atoms with Gasteiger partial charge < -0.3 is 44.9 Å². The molecule has 1 aliphatic heterocycles. The second-order valence-electron chi connectivity index (χ2n) is 15.9. The monoisotopic (exact) mass is 699 g/mol. The van der Waals surface area contributed by atoms with E-state index in [2.05, 4.69) is 17.1 Å². The summed E-state index contributed by atoms with van der Waals surface area (Å²) in [7, 11) is 6.69. The van der Waals surface area contributed by atoms with Crippen LogP contribution in [0.3, 0.4) is 0 Å². The Bertz CT molecular complexity index is 1530. The molecule has 2 amide bonds. The van der Waals surface area contributed by atoms with Gasteiger partial charge in [0.15, 0.2) is 0 Å². The van der Waals surface area contributed by atoms with Crippen LogP contribution >= 0.6 is 0 Å². The number of likely N-dealkylation sites (N-methyl/N-ethyl adjacent to an activating group) is 1. The average molecular weight is 700 g/mol. The van der Waals surface area contributed by atoms with E-state index in [9.17, 15) is 24.6 Å². The summed E-state index contributed by atoms with van der Waals surface area (Å²) in [6.07, 6.45) is 0.591. The minimum Gasteiger partial charge on any atom is -0.461 e. The molecule has 5 aliphatic carbocycles. The van der Waals surface area contributed by atoms with Crippen LogP contribution in [0.25, 0.3) is 0 Å². The number of para-hydroxylation sites is 1. The zero-order valence-electron chi connectivity index (χ0n) is 29.9. The van der Waals surface area contributed by atoms with Crippen molar-refractivity contribution < 1.29 is 48.3 Å². The van der Waals surface area contributed by atoms with E-state index in [4.69, 9.17) is 29.4 Å². The number of hydrogen-bond acceptors (Lipinski definition) is 11. The summed E-state index contributed by atoms with van der Waals surface area (Å²) in [6.45, 7) is 4.82. The van der Waals surface area contributed by atoms with E-state index in [1.807, 2.05) is 0 Å². The molecular weight excluding hydrogens is 646 g/mol. The number of nitrogens with two attached hydrogens (primary N) is 1. The maximum Gasteiger partial charge on any atom is 0.340 e. The van der Waals surface area contributed by atoms with Crippen LogP contribution in [0.1, 0.15) is 56.3 Å². The van der Waals surface area contributed by atoms with E-state index in [1.54, 1.807) is 59.6 Å². The third kappa shape index (κ3) is 4.46. The fourth-order valence-corrected chi connectivity index (χ4v) is 12.6. The molecule has 276 valence electrons. The Labute approximate surface area is 293 Å². The van der Waals surface area contributed by atoms with Crippen molar-refractivity contribution in [2.75, 3.05) is 53.5 Å². The lowest BCUT2D eigenvalue weighted by Gasteiger charge is -2.70. The van der Waals surface area contributed by atoms with Gasteiger partial charge in [-0.3, -0.25) is 14.5 Å². The highest BCUT2D eigenvalue weighted by molar-refractivity contribution is 6.02. The summed E-state index contributed by atoms with van der Waals surface area (Å²) in [5.41, 5.74) is 1.27. The van der Waals surface area contributed by atoms with E-state index in [0.717, 1.165) is 6.42 Å². The smallest absolute Gasteiger partial charge is 0.340 e. The van der Waals surface area contributed by atoms with Crippen LogP contribution < -0.4 is 11.1 Å². The Kier molecular flexibility index (Phi) is 8.93. The first-order chi connectivity index (χ1) is 23.8.